The molecule has 0 aliphatic heterocycles. The monoisotopic (exact) mass is 517 g/mol. The van der Waals surface area contributed by atoms with E-state index in [1.54, 1.807) is 39.5 Å². The van der Waals surface area contributed by atoms with Gasteiger partial charge in [0.25, 0.3) is 5.91 Å². The van der Waals surface area contributed by atoms with Crippen LogP contribution in [-0.2, 0) is 13.0 Å². The summed E-state index contributed by atoms with van der Waals surface area (Å²) in [5.74, 6) is 3.61. The predicted octanol–water partition coefficient (Wildman–Crippen LogP) is 5.28. The van der Waals surface area contributed by atoms with Crippen molar-refractivity contribution in [3.63, 3.8) is 0 Å². The fourth-order valence-corrected chi connectivity index (χ4v) is 4.35. The number of nitrogens with zero attached hydrogens (tertiary/aromatic N) is 2. The number of para-hydroxylation sites is 2. The Bertz CT molecular complexity index is 1350. The number of carbonyl (C=O) groups is 1. The molecule has 38 heavy (non-hydrogen) atoms. The van der Waals surface area contributed by atoms with Crippen LogP contribution in [0.25, 0.3) is 11.0 Å². The summed E-state index contributed by atoms with van der Waals surface area (Å²) in [4.78, 5) is 17.5. The van der Waals surface area contributed by atoms with E-state index in [9.17, 15) is 4.79 Å². The SMILES string of the molecule is COc1cccc(OCCCCn2c(CCCNC(=O)c3ccc(OC)c(OC)c3)nc3ccccc32)c1. The minimum atomic E-state index is -0.143. The number of aromatic nitrogens is 2. The number of rotatable bonds is 14. The second-order valence-electron chi connectivity index (χ2n) is 8.83. The van der Waals surface area contributed by atoms with E-state index in [2.05, 4.69) is 16.0 Å². The third-order valence-electron chi connectivity index (χ3n) is 6.33. The Hall–Kier alpha value is -4.20. The number of hydrogen-bond acceptors (Lipinski definition) is 6. The molecule has 0 saturated heterocycles. The standard InChI is InChI=1S/C30H35N3O5/c1-35-23-10-8-11-24(21-23)38-19-7-6-18-33-26-13-5-4-12-25(26)32-29(33)14-9-17-31-30(34)22-15-16-27(36-2)28(20-22)37-3/h4-5,8,10-13,15-16,20-21H,6-7,9,14,17-19H2,1-3H3,(H,31,34). The van der Waals surface area contributed by atoms with Gasteiger partial charge in [0, 0.05) is 31.1 Å². The predicted molar refractivity (Wildman–Crippen MR) is 148 cm³/mol. The number of aryl methyl sites for hydroxylation is 2. The molecular formula is C30H35N3O5. The van der Waals surface area contributed by atoms with Crippen LogP contribution in [0.15, 0.2) is 66.7 Å². The van der Waals surface area contributed by atoms with Gasteiger partial charge in [-0.3, -0.25) is 4.79 Å². The smallest absolute Gasteiger partial charge is 0.251 e. The highest BCUT2D eigenvalue weighted by atomic mass is 16.5. The van der Waals surface area contributed by atoms with Crippen LogP contribution >= 0.6 is 0 Å². The summed E-state index contributed by atoms with van der Waals surface area (Å²) in [5, 5.41) is 3.00. The molecule has 0 atom stereocenters. The number of amides is 1. The Morgan fingerprint density at radius 3 is 2.47 bits per heavy atom. The number of methoxy groups -OCH3 is 3. The average molecular weight is 518 g/mol. The highest BCUT2D eigenvalue weighted by molar-refractivity contribution is 5.94. The first-order valence-corrected chi connectivity index (χ1v) is 12.8. The van der Waals surface area contributed by atoms with Crippen molar-refractivity contribution in [1.82, 2.24) is 14.9 Å². The molecule has 4 aromatic rings. The van der Waals surface area contributed by atoms with E-state index in [0.29, 0.717) is 30.2 Å². The zero-order chi connectivity index (χ0) is 26.7. The van der Waals surface area contributed by atoms with E-state index in [0.717, 1.165) is 60.6 Å². The Kier molecular flexibility index (Phi) is 9.45. The molecule has 0 spiro atoms. The number of fused-ring (bicyclic) bond motifs is 1. The van der Waals surface area contributed by atoms with Crippen molar-refractivity contribution in [3.8, 4) is 23.0 Å². The van der Waals surface area contributed by atoms with Gasteiger partial charge in [-0.1, -0.05) is 18.2 Å². The van der Waals surface area contributed by atoms with Crippen LogP contribution in [0.1, 0.15) is 35.4 Å². The average Bonchev–Trinajstić information content (AvgIpc) is 3.31. The summed E-state index contributed by atoms with van der Waals surface area (Å²) in [5.41, 5.74) is 2.65. The van der Waals surface area contributed by atoms with Crippen LogP contribution in [0.5, 0.6) is 23.0 Å². The van der Waals surface area contributed by atoms with E-state index in [4.69, 9.17) is 23.9 Å². The van der Waals surface area contributed by atoms with Crippen LogP contribution in [0.3, 0.4) is 0 Å². The number of unbranched alkanes of at least 4 members (excludes halogenated alkanes) is 1. The maximum atomic E-state index is 12.6. The minimum absolute atomic E-state index is 0.143. The molecule has 0 unspecified atom stereocenters. The maximum absolute atomic E-state index is 12.6. The molecule has 1 aromatic heterocycles. The Morgan fingerprint density at radius 1 is 0.842 bits per heavy atom. The number of hydrogen-bond donors (Lipinski definition) is 1. The molecular weight excluding hydrogens is 482 g/mol. The number of benzene rings is 3. The first-order valence-electron chi connectivity index (χ1n) is 12.8. The van der Waals surface area contributed by atoms with Crippen LogP contribution in [-0.4, -0.2) is 49.9 Å². The van der Waals surface area contributed by atoms with E-state index in [1.807, 2.05) is 42.5 Å². The molecule has 8 heteroatoms. The van der Waals surface area contributed by atoms with Gasteiger partial charge in [0.2, 0.25) is 0 Å². The van der Waals surface area contributed by atoms with Gasteiger partial charge < -0.3 is 28.8 Å². The molecule has 0 bridgehead atoms. The molecule has 4 rings (SSSR count). The topological polar surface area (TPSA) is 83.8 Å². The van der Waals surface area contributed by atoms with Crippen molar-refractivity contribution < 1.29 is 23.7 Å². The van der Waals surface area contributed by atoms with Crippen LogP contribution in [0.4, 0.5) is 0 Å². The molecule has 0 radical (unpaired) electrons. The van der Waals surface area contributed by atoms with Crippen molar-refractivity contribution in [3.05, 3.63) is 78.1 Å². The van der Waals surface area contributed by atoms with Crippen LogP contribution in [0, 0.1) is 0 Å². The third kappa shape index (κ3) is 6.76. The summed E-state index contributed by atoms with van der Waals surface area (Å²) < 4.78 is 24.0. The molecule has 0 fully saturated rings. The van der Waals surface area contributed by atoms with Gasteiger partial charge in [-0.05, 0) is 61.7 Å². The Morgan fingerprint density at radius 2 is 1.66 bits per heavy atom. The summed E-state index contributed by atoms with van der Waals surface area (Å²) in [6.45, 7) is 2.04. The van der Waals surface area contributed by atoms with Crippen molar-refractivity contribution in [1.29, 1.82) is 0 Å². The lowest BCUT2D eigenvalue weighted by Crippen LogP contribution is -2.25. The molecule has 1 N–H and O–H groups in total. The van der Waals surface area contributed by atoms with Crippen molar-refractivity contribution in [2.24, 2.45) is 0 Å². The lowest BCUT2D eigenvalue weighted by Gasteiger charge is -2.11. The first kappa shape index (κ1) is 26.9. The summed E-state index contributed by atoms with van der Waals surface area (Å²) >= 11 is 0. The molecule has 1 heterocycles. The summed E-state index contributed by atoms with van der Waals surface area (Å²) in [7, 11) is 4.78. The van der Waals surface area contributed by atoms with Gasteiger partial charge in [0.05, 0.1) is 39.0 Å². The summed E-state index contributed by atoms with van der Waals surface area (Å²) in [6, 6.07) is 21.0. The van der Waals surface area contributed by atoms with Gasteiger partial charge >= 0.3 is 0 Å². The van der Waals surface area contributed by atoms with Gasteiger partial charge in [0.1, 0.15) is 17.3 Å². The second kappa shape index (κ2) is 13.4. The molecule has 0 aliphatic rings. The maximum Gasteiger partial charge on any atom is 0.251 e. The van der Waals surface area contributed by atoms with Crippen molar-refractivity contribution in [2.45, 2.75) is 32.2 Å². The zero-order valence-electron chi connectivity index (χ0n) is 22.2. The highest BCUT2D eigenvalue weighted by Gasteiger charge is 2.12. The first-order chi connectivity index (χ1) is 18.6. The van der Waals surface area contributed by atoms with Crippen LogP contribution < -0.4 is 24.3 Å². The molecule has 0 aliphatic carbocycles. The van der Waals surface area contributed by atoms with E-state index in [-0.39, 0.29) is 5.91 Å². The number of ether oxygens (including phenoxy) is 4. The van der Waals surface area contributed by atoms with E-state index >= 15 is 0 Å². The molecule has 3 aromatic carbocycles. The zero-order valence-corrected chi connectivity index (χ0v) is 22.2. The lowest BCUT2D eigenvalue weighted by molar-refractivity contribution is 0.0952. The third-order valence-corrected chi connectivity index (χ3v) is 6.33. The quantitative estimate of drug-likeness (QED) is 0.229. The molecule has 0 saturated carbocycles. The van der Waals surface area contributed by atoms with Crippen molar-refractivity contribution in [2.75, 3.05) is 34.5 Å². The second-order valence-corrected chi connectivity index (χ2v) is 8.83. The molecule has 1 amide bonds. The Balaban J connectivity index is 1.29. The molecule has 200 valence electrons. The van der Waals surface area contributed by atoms with Gasteiger partial charge in [0.15, 0.2) is 11.5 Å². The summed E-state index contributed by atoms with van der Waals surface area (Å²) in [6.07, 6.45) is 3.43. The minimum Gasteiger partial charge on any atom is -0.497 e. The van der Waals surface area contributed by atoms with Gasteiger partial charge in [-0.25, -0.2) is 4.98 Å². The largest absolute Gasteiger partial charge is 0.497 e. The van der Waals surface area contributed by atoms with Crippen LogP contribution in [0.2, 0.25) is 0 Å². The fraction of sp³-hybridized carbons (Fsp3) is 0.333. The Labute approximate surface area is 223 Å². The number of nitrogens with one attached hydrogen (secondary N) is 1. The van der Waals surface area contributed by atoms with Gasteiger partial charge in [-0.15, -0.1) is 0 Å². The highest BCUT2D eigenvalue weighted by Crippen LogP contribution is 2.27. The van der Waals surface area contributed by atoms with Crippen molar-refractivity contribution >= 4 is 16.9 Å². The number of imidazole rings is 1. The normalized spacial score (nSPS) is 10.8. The molecule has 8 nitrogen and oxygen atoms in total. The van der Waals surface area contributed by atoms with E-state index < -0.39 is 0 Å². The lowest BCUT2D eigenvalue weighted by atomic mass is 10.2. The van der Waals surface area contributed by atoms with E-state index in [1.165, 1.54) is 0 Å². The van der Waals surface area contributed by atoms with Gasteiger partial charge in [-0.2, -0.15) is 0 Å². The number of carbonyl (C=O) groups excluding carboxylic acids is 1. The fourth-order valence-electron chi connectivity index (χ4n) is 4.35.